The number of ether oxygens (including phenoxy) is 1. The molecule has 1 amide bonds. The Morgan fingerprint density at radius 3 is 2.89 bits per heavy atom. The molecule has 104 valence electrons. The van der Waals surface area contributed by atoms with E-state index in [2.05, 4.69) is 5.32 Å². The highest BCUT2D eigenvalue weighted by molar-refractivity contribution is 5.76. The summed E-state index contributed by atoms with van der Waals surface area (Å²) in [5.74, 6) is 0.827. The van der Waals surface area contributed by atoms with Crippen LogP contribution in [0, 0.1) is 5.92 Å². The van der Waals surface area contributed by atoms with Gasteiger partial charge in [0, 0.05) is 19.1 Å². The molecule has 0 spiro atoms. The molecule has 0 bridgehead atoms. The summed E-state index contributed by atoms with van der Waals surface area (Å²) in [6.45, 7) is 2.79. The van der Waals surface area contributed by atoms with Crippen molar-refractivity contribution >= 4 is 5.91 Å². The maximum absolute atomic E-state index is 11.9. The average molecular weight is 254 g/mol. The number of hydrogen-bond donors (Lipinski definition) is 2. The molecule has 3 N–H and O–H groups in total. The first-order valence-electron chi connectivity index (χ1n) is 7.31. The van der Waals surface area contributed by atoms with Crippen LogP contribution < -0.4 is 11.1 Å². The van der Waals surface area contributed by atoms with E-state index < -0.39 is 0 Å². The number of nitrogens with one attached hydrogen (secondary N) is 1. The van der Waals surface area contributed by atoms with Crippen molar-refractivity contribution in [3.8, 4) is 0 Å². The molecule has 2 aliphatic rings. The van der Waals surface area contributed by atoms with Crippen LogP contribution in [0.5, 0.6) is 0 Å². The monoisotopic (exact) mass is 254 g/mol. The van der Waals surface area contributed by atoms with Gasteiger partial charge in [-0.05, 0) is 38.5 Å². The van der Waals surface area contributed by atoms with Gasteiger partial charge < -0.3 is 15.8 Å². The van der Waals surface area contributed by atoms with E-state index in [1.165, 1.54) is 12.8 Å². The number of carbonyl (C=O) groups is 1. The molecule has 4 unspecified atom stereocenters. The number of amides is 1. The quantitative estimate of drug-likeness (QED) is 0.800. The van der Waals surface area contributed by atoms with Crippen LogP contribution in [0.2, 0.25) is 0 Å². The highest BCUT2D eigenvalue weighted by atomic mass is 16.5. The van der Waals surface area contributed by atoms with Gasteiger partial charge in [0.25, 0.3) is 0 Å². The van der Waals surface area contributed by atoms with E-state index in [0.29, 0.717) is 18.4 Å². The van der Waals surface area contributed by atoms with Gasteiger partial charge in [0.2, 0.25) is 5.91 Å². The highest BCUT2D eigenvalue weighted by Crippen LogP contribution is 2.26. The van der Waals surface area contributed by atoms with Gasteiger partial charge in [-0.1, -0.05) is 12.8 Å². The Bertz CT molecular complexity index is 283. The van der Waals surface area contributed by atoms with Crippen LogP contribution in [0.3, 0.4) is 0 Å². The van der Waals surface area contributed by atoms with Gasteiger partial charge in [-0.3, -0.25) is 4.79 Å². The van der Waals surface area contributed by atoms with E-state index in [-0.39, 0.29) is 18.1 Å². The minimum absolute atomic E-state index is 0.164. The van der Waals surface area contributed by atoms with Crippen molar-refractivity contribution in [3.05, 3.63) is 0 Å². The number of rotatable bonds is 4. The Morgan fingerprint density at radius 1 is 1.39 bits per heavy atom. The molecule has 2 fully saturated rings. The smallest absolute Gasteiger partial charge is 0.220 e. The fraction of sp³-hybridized carbons (Fsp3) is 0.929. The number of hydrogen-bond acceptors (Lipinski definition) is 3. The molecule has 0 radical (unpaired) electrons. The standard InChI is InChI=1S/C14H26N2O2/c1-10-13(7-8-18-10)16-14(17)6-5-11-3-2-4-12(15)9-11/h10-13H,2-9,15H2,1H3,(H,16,17). The maximum atomic E-state index is 11.9. The van der Waals surface area contributed by atoms with Gasteiger partial charge >= 0.3 is 0 Å². The molecule has 0 aromatic heterocycles. The number of carbonyl (C=O) groups excluding carboxylic acids is 1. The third-order valence-corrected chi connectivity index (χ3v) is 4.33. The second-order valence-electron chi connectivity index (χ2n) is 5.87. The first-order valence-corrected chi connectivity index (χ1v) is 7.31. The fourth-order valence-electron chi connectivity index (χ4n) is 3.13. The molecule has 4 heteroatoms. The zero-order valence-electron chi connectivity index (χ0n) is 11.4. The minimum atomic E-state index is 0.164. The maximum Gasteiger partial charge on any atom is 0.220 e. The molecular formula is C14H26N2O2. The summed E-state index contributed by atoms with van der Waals surface area (Å²) in [5, 5.41) is 3.08. The first-order chi connectivity index (χ1) is 8.65. The average Bonchev–Trinajstić information content (AvgIpc) is 2.73. The molecular weight excluding hydrogens is 228 g/mol. The van der Waals surface area contributed by atoms with E-state index in [9.17, 15) is 4.79 Å². The van der Waals surface area contributed by atoms with E-state index in [0.717, 1.165) is 32.3 Å². The third-order valence-electron chi connectivity index (χ3n) is 4.33. The zero-order valence-corrected chi connectivity index (χ0v) is 11.4. The van der Waals surface area contributed by atoms with Crippen LogP contribution in [-0.4, -0.2) is 30.7 Å². The lowest BCUT2D eigenvalue weighted by Gasteiger charge is -2.26. The normalized spacial score (nSPS) is 36.6. The predicted molar refractivity (Wildman–Crippen MR) is 71.1 cm³/mol. The molecule has 1 aliphatic carbocycles. The van der Waals surface area contributed by atoms with Gasteiger partial charge in [0.05, 0.1) is 12.1 Å². The Balaban J connectivity index is 1.65. The lowest BCUT2D eigenvalue weighted by Crippen LogP contribution is -2.39. The molecule has 0 aromatic rings. The molecule has 1 saturated heterocycles. The SMILES string of the molecule is CC1OCCC1NC(=O)CCC1CCCC(N)C1. The summed E-state index contributed by atoms with van der Waals surface area (Å²) >= 11 is 0. The van der Waals surface area contributed by atoms with Gasteiger partial charge in [-0.25, -0.2) is 0 Å². The fourth-order valence-corrected chi connectivity index (χ4v) is 3.13. The van der Waals surface area contributed by atoms with Crippen molar-refractivity contribution in [1.29, 1.82) is 0 Å². The summed E-state index contributed by atoms with van der Waals surface area (Å²) in [6.07, 6.45) is 7.45. The van der Waals surface area contributed by atoms with E-state index in [1.54, 1.807) is 0 Å². The molecule has 1 aliphatic heterocycles. The Labute approximate surface area is 110 Å². The van der Waals surface area contributed by atoms with Crippen LogP contribution in [0.25, 0.3) is 0 Å². The second kappa shape index (κ2) is 6.53. The van der Waals surface area contributed by atoms with Crippen molar-refractivity contribution < 1.29 is 9.53 Å². The zero-order chi connectivity index (χ0) is 13.0. The molecule has 0 aromatic carbocycles. The van der Waals surface area contributed by atoms with E-state index in [1.807, 2.05) is 6.92 Å². The molecule has 18 heavy (non-hydrogen) atoms. The van der Waals surface area contributed by atoms with Crippen LogP contribution in [0.15, 0.2) is 0 Å². The van der Waals surface area contributed by atoms with E-state index >= 15 is 0 Å². The molecule has 4 nitrogen and oxygen atoms in total. The predicted octanol–water partition coefficient (Wildman–Crippen LogP) is 1.58. The summed E-state index contributed by atoms with van der Waals surface area (Å²) in [4.78, 5) is 11.9. The van der Waals surface area contributed by atoms with Gasteiger partial charge in [0.1, 0.15) is 0 Å². The Hall–Kier alpha value is -0.610. The van der Waals surface area contributed by atoms with E-state index in [4.69, 9.17) is 10.5 Å². The van der Waals surface area contributed by atoms with Crippen molar-refractivity contribution in [3.63, 3.8) is 0 Å². The highest BCUT2D eigenvalue weighted by Gasteiger charge is 2.26. The third kappa shape index (κ3) is 3.95. The van der Waals surface area contributed by atoms with Crippen molar-refractivity contribution in [2.75, 3.05) is 6.61 Å². The largest absolute Gasteiger partial charge is 0.376 e. The van der Waals surface area contributed by atoms with Crippen molar-refractivity contribution in [1.82, 2.24) is 5.32 Å². The van der Waals surface area contributed by atoms with Crippen molar-refractivity contribution in [2.45, 2.75) is 70.1 Å². The summed E-state index contributed by atoms with van der Waals surface area (Å²) in [7, 11) is 0. The molecule has 2 rings (SSSR count). The van der Waals surface area contributed by atoms with Gasteiger partial charge in [-0.15, -0.1) is 0 Å². The van der Waals surface area contributed by atoms with Gasteiger partial charge in [-0.2, -0.15) is 0 Å². The molecule has 1 saturated carbocycles. The lowest BCUT2D eigenvalue weighted by molar-refractivity contribution is -0.122. The number of nitrogens with two attached hydrogens (primary N) is 1. The molecule has 1 heterocycles. The summed E-state index contributed by atoms with van der Waals surface area (Å²) in [5.41, 5.74) is 5.96. The minimum Gasteiger partial charge on any atom is -0.376 e. The van der Waals surface area contributed by atoms with Crippen LogP contribution >= 0.6 is 0 Å². The Kier molecular flexibility index (Phi) is 5.01. The summed E-state index contributed by atoms with van der Waals surface area (Å²) < 4.78 is 5.44. The Morgan fingerprint density at radius 2 is 2.22 bits per heavy atom. The van der Waals surface area contributed by atoms with Crippen LogP contribution in [-0.2, 0) is 9.53 Å². The van der Waals surface area contributed by atoms with Crippen molar-refractivity contribution in [2.24, 2.45) is 11.7 Å². The van der Waals surface area contributed by atoms with Crippen LogP contribution in [0.4, 0.5) is 0 Å². The lowest BCUT2D eigenvalue weighted by atomic mass is 9.83. The second-order valence-corrected chi connectivity index (χ2v) is 5.87. The van der Waals surface area contributed by atoms with Gasteiger partial charge in [0.15, 0.2) is 0 Å². The summed E-state index contributed by atoms with van der Waals surface area (Å²) in [6, 6.07) is 0.571. The first kappa shape index (κ1) is 13.8. The van der Waals surface area contributed by atoms with Crippen LogP contribution in [0.1, 0.15) is 51.9 Å². The molecule has 4 atom stereocenters. The topological polar surface area (TPSA) is 64.3 Å².